The van der Waals surface area contributed by atoms with Gasteiger partial charge in [-0.05, 0) is 18.6 Å². The van der Waals surface area contributed by atoms with Crippen LogP contribution in [0.2, 0.25) is 0 Å². The van der Waals surface area contributed by atoms with Crippen molar-refractivity contribution in [3.05, 3.63) is 34.9 Å². The molecule has 1 saturated heterocycles. The van der Waals surface area contributed by atoms with Crippen LogP contribution in [0.15, 0.2) is 34.9 Å². The lowest BCUT2D eigenvalue weighted by molar-refractivity contribution is -0.139. The Morgan fingerprint density at radius 1 is 1.40 bits per heavy atom. The Balaban J connectivity index is 1.77. The molecule has 1 fully saturated rings. The molecule has 0 aliphatic carbocycles. The molecule has 0 bridgehead atoms. The zero-order valence-electron chi connectivity index (χ0n) is 10.5. The first-order valence-corrected chi connectivity index (χ1v) is 7.07. The smallest absolute Gasteiger partial charge is 0.320 e. The fourth-order valence-electron chi connectivity index (χ4n) is 2.31. The third-order valence-electron chi connectivity index (χ3n) is 3.43. The number of rotatable bonds is 3. The second-order valence-corrected chi connectivity index (χ2v) is 5.69. The standard InChI is InChI=1S/C13H13BrN4O2/c14-9-3-1-8(2-4-9)12-7-18(17-16-12)10-5-11(13(19)20)15-6-10/h1-4,7,10-11,15H,5-6H2,(H,19,20)/t10-,11-/m0/s1. The summed E-state index contributed by atoms with van der Waals surface area (Å²) in [4.78, 5) is 10.9. The number of aromatic nitrogens is 3. The van der Waals surface area contributed by atoms with E-state index >= 15 is 0 Å². The molecular weight excluding hydrogens is 324 g/mol. The monoisotopic (exact) mass is 336 g/mol. The van der Waals surface area contributed by atoms with Gasteiger partial charge in [-0.25, -0.2) is 4.68 Å². The Morgan fingerprint density at radius 2 is 2.15 bits per heavy atom. The molecule has 0 amide bonds. The molecule has 3 rings (SSSR count). The first kappa shape index (κ1) is 13.3. The van der Waals surface area contributed by atoms with Crippen molar-refractivity contribution in [1.82, 2.24) is 20.3 Å². The summed E-state index contributed by atoms with van der Waals surface area (Å²) >= 11 is 3.39. The first-order chi connectivity index (χ1) is 9.63. The van der Waals surface area contributed by atoms with Crippen molar-refractivity contribution < 1.29 is 9.90 Å². The molecule has 104 valence electrons. The third-order valence-corrected chi connectivity index (χ3v) is 3.96. The van der Waals surface area contributed by atoms with Crippen LogP contribution in [0.25, 0.3) is 11.3 Å². The van der Waals surface area contributed by atoms with E-state index in [-0.39, 0.29) is 6.04 Å². The van der Waals surface area contributed by atoms with Gasteiger partial charge in [0.2, 0.25) is 0 Å². The Labute approximate surface area is 123 Å². The SMILES string of the molecule is O=C(O)[C@@H]1C[C@H](n2cc(-c3ccc(Br)cc3)nn2)CN1. The quantitative estimate of drug-likeness (QED) is 0.891. The Bertz CT molecular complexity index is 626. The van der Waals surface area contributed by atoms with Gasteiger partial charge in [-0.3, -0.25) is 4.79 Å². The first-order valence-electron chi connectivity index (χ1n) is 6.27. The van der Waals surface area contributed by atoms with E-state index in [4.69, 9.17) is 5.11 Å². The van der Waals surface area contributed by atoms with Crippen LogP contribution < -0.4 is 5.32 Å². The molecule has 1 aromatic carbocycles. The van der Waals surface area contributed by atoms with Gasteiger partial charge in [0.15, 0.2) is 0 Å². The lowest BCUT2D eigenvalue weighted by atomic mass is 10.1. The molecule has 1 aliphatic rings. The van der Waals surface area contributed by atoms with Crippen molar-refractivity contribution in [2.45, 2.75) is 18.5 Å². The molecule has 2 heterocycles. The van der Waals surface area contributed by atoms with E-state index in [0.717, 1.165) is 15.7 Å². The molecule has 2 atom stereocenters. The average Bonchev–Trinajstić information content (AvgIpc) is 3.08. The zero-order chi connectivity index (χ0) is 14.1. The maximum atomic E-state index is 10.9. The molecule has 1 aromatic heterocycles. The van der Waals surface area contributed by atoms with Gasteiger partial charge < -0.3 is 10.4 Å². The number of hydrogen-bond donors (Lipinski definition) is 2. The second kappa shape index (κ2) is 5.34. The molecule has 2 aromatic rings. The highest BCUT2D eigenvalue weighted by Gasteiger charge is 2.30. The number of carboxylic acid groups (broad SMARTS) is 1. The molecule has 0 radical (unpaired) electrons. The molecule has 0 spiro atoms. The van der Waals surface area contributed by atoms with E-state index in [2.05, 4.69) is 31.6 Å². The Kier molecular flexibility index (Phi) is 3.54. The van der Waals surface area contributed by atoms with Crippen molar-refractivity contribution in [2.75, 3.05) is 6.54 Å². The van der Waals surface area contributed by atoms with Crippen molar-refractivity contribution in [1.29, 1.82) is 0 Å². The topological polar surface area (TPSA) is 80.0 Å². The number of aliphatic carboxylic acids is 1. The number of carboxylic acids is 1. The maximum Gasteiger partial charge on any atom is 0.320 e. The average molecular weight is 337 g/mol. The zero-order valence-corrected chi connectivity index (χ0v) is 12.1. The van der Waals surface area contributed by atoms with Crippen molar-refractivity contribution in [3.63, 3.8) is 0 Å². The Hall–Kier alpha value is -1.73. The number of benzene rings is 1. The highest BCUT2D eigenvalue weighted by Crippen LogP contribution is 2.23. The van der Waals surface area contributed by atoms with E-state index in [1.807, 2.05) is 30.5 Å². The van der Waals surface area contributed by atoms with Gasteiger partial charge in [-0.2, -0.15) is 0 Å². The molecule has 0 saturated carbocycles. The van der Waals surface area contributed by atoms with E-state index in [0.29, 0.717) is 13.0 Å². The number of nitrogens with one attached hydrogen (secondary N) is 1. The number of hydrogen-bond acceptors (Lipinski definition) is 4. The van der Waals surface area contributed by atoms with Gasteiger partial charge in [0.25, 0.3) is 0 Å². The van der Waals surface area contributed by atoms with Crippen LogP contribution in [0.4, 0.5) is 0 Å². The van der Waals surface area contributed by atoms with Crippen molar-refractivity contribution in [3.8, 4) is 11.3 Å². The molecule has 1 aliphatic heterocycles. The summed E-state index contributed by atoms with van der Waals surface area (Å²) in [5.41, 5.74) is 1.77. The molecule has 7 heteroatoms. The summed E-state index contributed by atoms with van der Waals surface area (Å²) in [7, 11) is 0. The predicted octanol–water partition coefficient (Wildman–Crippen LogP) is 1.70. The number of halogens is 1. The van der Waals surface area contributed by atoms with Crippen LogP contribution in [-0.4, -0.2) is 38.7 Å². The Morgan fingerprint density at radius 3 is 2.80 bits per heavy atom. The van der Waals surface area contributed by atoms with Gasteiger partial charge >= 0.3 is 5.97 Å². The van der Waals surface area contributed by atoms with Crippen LogP contribution >= 0.6 is 15.9 Å². The van der Waals surface area contributed by atoms with Crippen LogP contribution in [0.3, 0.4) is 0 Å². The fourth-order valence-corrected chi connectivity index (χ4v) is 2.58. The largest absolute Gasteiger partial charge is 0.480 e. The summed E-state index contributed by atoms with van der Waals surface area (Å²) in [5.74, 6) is -0.819. The normalized spacial score (nSPS) is 22.1. The van der Waals surface area contributed by atoms with Gasteiger partial charge in [-0.15, -0.1) is 5.10 Å². The highest BCUT2D eigenvalue weighted by atomic mass is 79.9. The minimum atomic E-state index is -0.819. The summed E-state index contributed by atoms with van der Waals surface area (Å²) in [6.07, 6.45) is 2.39. The van der Waals surface area contributed by atoms with Gasteiger partial charge in [0.05, 0.1) is 12.2 Å². The molecule has 6 nitrogen and oxygen atoms in total. The van der Waals surface area contributed by atoms with Crippen molar-refractivity contribution >= 4 is 21.9 Å². The van der Waals surface area contributed by atoms with Gasteiger partial charge in [0, 0.05) is 16.6 Å². The summed E-state index contributed by atoms with van der Waals surface area (Å²) in [6.45, 7) is 0.597. The van der Waals surface area contributed by atoms with Crippen LogP contribution in [-0.2, 0) is 4.79 Å². The lowest BCUT2D eigenvalue weighted by Gasteiger charge is -2.07. The molecule has 20 heavy (non-hydrogen) atoms. The maximum absolute atomic E-state index is 10.9. The fraction of sp³-hybridized carbons (Fsp3) is 0.308. The highest BCUT2D eigenvalue weighted by molar-refractivity contribution is 9.10. The molecule has 0 unspecified atom stereocenters. The number of nitrogens with zero attached hydrogens (tertiary/aromatic N) is 3. The van der Waals surface area contributed by atoms with Crippen LogP contribution in [0.5, 0.6) is 0 Å². The van der Waals surface area contributed by atoms with E-state index in [9.17, 15) is 4.79 Å². The second-order valence-electron chi connectivity index (χ2n) is 4.78. The lowest BCUT2D eigenvalue weighted by Crippen LogP contribution is -2.29. The minimum absolute atomic E-state index is 0.0350. The predicted molar refractivity (Wildman–Crippen MR) is 76.2 cm³/mol. The van der Waals surface area contributed by atoms with Crippen LogP contribution in [0.1, 0.15) is 12.5 Å². The van der Waals surface area contributed by atoms with Crippen molar-refractivity contribution in [2.24, 2.45) is 0 Å². The number of carbonyl (C=O) groups is 1. The molecular formula is C13H13BrN4O2. The van der Waals surface area contributed by atoms with Gasteiger partial charge in [-0.1, -0.05) is 33.3 Å². The molecule has 2 N–H and O–H groups in total. The summed E-state index contributed by atoms with van der Waals surface area (Å²) < 4.78 is 2.76. The van der Waals surface area contributed by atoms with E-state index in [1.54, 1.807) is 4.68 Å². The van der Waals surface area contributed by atoms with Gasteiger partial charge in [0.1, 0.15) is 11.7 Å². The minimum Gasteiger partial charge on any atom is -0.480 e. The van der Waals surface area contributed by atoms with E-state index in [1.165, 1.54) is 0 Å². The van der Waals surface area contributed by atoms with Crippen LogP contribution in [0, 0.1) is 0 Å². The summed E-state index contributed by atoms with van der Waals surface area (Å²) in [5, 5.41) is 20.2. The summed E-state index contributed by atoms with van der Waals surface area (Å²) in [6, 6.07) is 7.36. The van der Waals surface area contributed by atoms with E-state index < -0.39 is 12.0 Å². The third kappa shape index (κ3) is 2.59.